The average molecular weight is 470 g/mol. The van der Waals surface area contributed by atoms with E-state index in [1.54, 1.807) is 30.3 Å². The molecule has 0 aliphatic carbocycles. The smallest absolute Gasteiger partial charge is 0.288 e. The number of ether oxygens (including phenoxy) is 2. The number of halogens is 1. The Morgan fingerprint density at radius 3 is 2.69 bits per heavy atom. The molecule has 2 aromatic heterocycles. The summed E-state index contributed by atoms with van der Waals surface area (Å²) >= 11 is 7.36. The van der Waals surface area contributed by atoms with E-state index in [0.29, 0.717) is 39.0 Å². The Labute approximate surface area is 191 Å². The van der Waals surface area contributed by atoms with Gasteiger partial charge < -0.3 is 9.47 Å². The first-order valence-electron chi connectivity index (χ1n) is 9.27. The number of hydrogen-bond acceptors (Lipinski definition) is 7. The summed E-state index contributed by atoms with van der Waals surface area (Å²) in [4.78, 5) is 28.8. The molecule has 0 aliphatic rings. The molecule has 10 heteroatoms. The minimum absolute atomic E-state index is 0.0421. The number of nitro benzene ring substituents is 1. The van der Waals surface area contributed by atoms with Crippen LogP contribution in [0.5, 0.6) is 11.5 Å². The lowest BCUT2D eigenvalue weighted by Gasteiger charge is -2.08. The second kappa shape index (κ2) is 8.81. The van der Waals surface area contributed by atoms with Gasteiger partial charge in [0.15, 0.2) is 22.2 Å². The van der Waals surface area contributed by atoms with Gasteiger partial charge in [-0.15, -0.1) is 11.3 Å². The molecule has 32 heavy (non-hydrogen) atoms. The third-order valence-electron chi connectivity index (χ3n) is 4.78. The van der Waals surface area contributed by atoms with E-state index in [1.165, 1.54) is 43.8 Å². The number of ketones is 1. The molecular formula is C22H16ClN3O5S. The standard InChI is InChI=1S/C22H16ClN3O5S/c1-30-19-8-4-13(12-20(19)31-2)18(27)7-6-16-21(24-22-25(16)9-10-32-22)14-3-5-15(23)17(11-14)26(28)29/h3-12H,1-2H3. The van der Waals surface area contributed by atoms with Crippen molar-refractivity contribution in [2.24, 2.45) is 0 Å². The van der Waals surface area contributed by atoms with Crippen molar-refractivity contribution in [3.05, 3.63) is 80.4 Å². The van der Waals surface area contributed by atoms with Crippen molar-refractivity contribution < 1.29 is 19.2 Å². The second-order valence-electron chi connectivity index (χ2n) is 6.59. The lowest BCUT2D eigenvalue weighted by molar-refractivity contribution is -0.384. The van der Waals surface area contributed by atoms with Gasteiger partial charge in [0.2, 0.25) is 0 Å². The van der Waals surface area contributed by atoms with E-state index in [0.717, 1.165) is 0 Å². The fourth-order valence-corrected chi connectivity index (χ4v) is 4.12. The minimum Gasteiger partial charge on any atom is -0.493 e. The Kier molecular flexibility index (Phi) is 5.93. The molecule has 2 heterocycles. The molecule has 0 bridgehead atoms. The maximum atomic E-state index is 12.8. The summed E-state index contributed by atoms with van der Waals surface area (Å²) in [6.07, 6.45) is 4.89. The van der Waals surface area contributed by atoms with Gasteiger partial charge in [-0.3, -0.25) is 19.3 Å². The lowest BCUT2D eigenvalue weighted by Crippen LogP contribution is -1.98. The van der Waals surface area contributed by atoms with Crippen molar-refractivity contribution in [2.45, 2.75) is 0 Å². The van der Waals surface area contributed by atoms with Gasteiger partial charge in [0.05, 0.1) is 30.5 Å². The molecule has 0 saturated carbocycles. The molecule has 4 rings (SSSR count). The fraction of sp³-hybridized carbons (Fsp3) is 0.0909. The maximum absolute atomic E-state index is 12.8. The highest BCUT2D eigenvalue weighted by atomic mass is 35.5. The highest BCUT2D eigenvalue weighted by Gasteiger charge is 2.19. The third kappa shape index (κ3) is 3.95. The first-order chi connectivity index (χ1) is 15.4. The predicted molar refractivity (Wildman–Crippen MR) is 123 cm³/mol. The quantitative estimate of drug-likeness (QED) is 0.153. The van der Waals surface area contributed by atoms with Crippen molar-refractivity contribution >= 4 is 45.4 Å². The highest BCUT2D eigenvalue weighted by Crippen LogP contribution is 2.33. The van der Waals surface area contributed by atoms with E-state index < -0.39 is 4.92 Å². The molecule has 0 N–H and O–H groups in total. The molecule has 0 fully saturated rings. The second-order valence-corrected chi connectivity index (χ2v) is 7.87. The van der Waals surface area contributed by atoms with E-state index in [2.05, 4.69) is 4.98 Å². The summed E-state index contributed by atoms with van der Waals surface area (Å²) in [6, 6.07) is 9.41. The molecule has 4 aromatic rings. The van der Waals surface area contributed by atoms with Crippen LogP contribution in [0.2, 0.25) is 5.02 Å². The van der Waals surface area contributed by atoms with Gasteiger partial charge in [0, 0.05) is 28.8 Å². The monoisotopic (exact) mass is 469 g/mol. The Morgan fingerprint density at radius 2 is 1.97 bits per heavy atom. The van der Waals surface area contributed by atoms with Crippen LogP contribution in [-0.2, 0) is 0 Å². The first-order valence-corrected chi connectivity index (χ1v) is 10.5. The van der Waals surface area contributed by atoms with Crippen LogP contribution in [0.25, 0.3) is 22.3 Å². The van der Waals surface area contributed by atoms with Crippen LogP contribution < -0.4 is 9.47 Å². The molecule has 0 amide bonds. The van der Waals surface area contributed by atoms with E-state index in [1.807, 2.05) is 16.0 Å². The van der Waals surface area contributed by atoms with Crippen LogP contribution in [0, 0.1) is 10.1 Å². The van der Waals surface area contributed by atoms with Crippen molar-refractivity contribution in [3.8, 4) is 22.8 Å². The van der Waals surface area contributed by atoms with Gasteiger partial charge in [-0.05, 0) is 36.4 Å². The van der Waals surface area contributed by atoms with Crippen LogP contribution in [0.1, 0.15) is 16.1 Å². The molecule has 162 valence electrons. The van der Waals surface area contributed by atoms with Crippen LogP contribution >= 0.6 is 22.9 Å². The number of imidazole rings is 1. The number of carbonyl (C=O) groups is 1. The SMILES string of the molecule is COc1ccc(C(=O)C=Cc2c(-c3ccc(Cl)c([N+](=O)[O-])c3)nc3sccn23)cc1OC. The molecule has 0 saturated heterocycles. The largest absolute Gasteiger partial charge is 0.493 e. The molecular weight excluding hydrogens is 454 g/mol. The Bertz CT molecular complexity index is 1380. The summed E-state index contributed by atoms with van der Waals surface area (Å²) in [5.74, 6) is 0.727. The summed E-state index contributed by atoms with van der Waals surface area (Å²) < 4.78 is 12.3. The average Bonchev–Trinajstić information content (AvgIpc) is 3.38. The van der Waals surface area contributed by atoms with Gasteiger partial charge in [-0.25, -0.2) is 4.98 Å². The molecule has 8 nitrogen and oxygen atoms in total. The number of allylic oxidation sites excluding steroid dienone is 1. The summed E-state index contributed by atoms with van der Waals surface area (Å²) in [5, 5.41) is 13.2. The van der Waals surface area contributed by atoms with Crippen LogP contribution in [0.4, 0.5) is 5.69 Å². The van der Waals surface area contributed by atoms with Crippen LogP contribution in [-0.4, -0.2) is 34.3 Å². The zero-order valence-electron chi connectivity index (χ0n) is 16.9. The van der Waals surface area contributed by atoms with Crippen molar-refractivity contribution in [3.63, 3.8) is 0 Å². The number of aromatic nitrogens is 2. The highest BCUT2D eigenvalue weighted by molar-refractivity contribution is 7.15. The molecule has 0 unspecified atom stereocenters. The zero-order valence-corrected chi connectivity index (χ0v) is 18.5. The van der Waals surface area contributed by atoms with E-state index in [4.69, 9.17) is 21.1 Å². The maximum Gasteiger partial charge on any atom is 0.288 e. The number of nitrogens with zero attached hydrogens (tertiary/aromatic N) is 3. The predicted octanol–water partition coefficient (Wildman–Crippen LogP) is 5.54. The van der Waals surface area contributed by atoms with Gasteiger partial charge in [-0.1, -0.05) is 17.7 Å². The van der Waals surface area contributed by atoms with Crippen LogP contribution in [0.3, 0.4) is 0 Å². The number of hydrogen-bond donors (Lipinski definition) is 0. The molecule has 0 radical (unpaired) electrons. The summed E-state index contributed by atoms with van der Waals surface area (Å²) in [6.45, 7) is 0. The first kappa shape index (κ1) is 21.5. The zero-order chi connectivity index (χ0) is 22.8. The fourth-order valence-electron chi connectivity index (χ4n) is 3.22. The number of thiazole rings is 1. The summed E-state index contributed by atoms with van der Waals surface area (Å²) in [7, 11) is 3.02. The Morgan fingerprint density at radius 1 is 1.19 bits per heavy atom. The number of carbonyl (C=O) groups excluding carboxylic acids is 1. The van der Waals surface area contributed by atoms with Crippen molar-refractivity contribution in [1.29, 1.82) is 0 Å². The normalized spacial score (nSPS) is 11.2. The van der Waals surface area contributed by atoms with Crippen molar-refractivity contribution in [1.82, 2.24) is 9.38 Å². The van der Waals surface area contributed by atoms with Gasteiger partial charge in [0.1, 0.15) is 5.02 Å². The van der Waals surface area contributed by atoms with Crippen LogP contribution in [0.15, 0.2) is 54.1 Å². The van der Waals surface area contributed by atoms with Gasteiger partial charge in [-0.2, -0.15) is 0 Å². The van der Waals surface area contributed by atoms with E-state index in [9.17, 15) is 14.9 Å². The number of benzene rings is 2. The molecule has 2 aromatic carbocycles. The lowest BCUT2D eigenvalue weighted by atomic mass is 10.1. The Balaban J connectivity index is 1.75. The number of methoxy groups -OCH3 is 2. The number of nitro groups is 1. The van der Waals surface area contributed by atoms with E-state index >= 15 is 0 Å². The third-order valence-corrected chi connectivity index (χ3v) is 5.85. The minimum atomic E-state index is -0.541. The molecule has 0 aliphatic heterocycles. The summed E-state index contributed by atoms with van der Waals surface area (Å²) in [5.41, 5.74) is 1.86. The molecule has 0 spiro atoms. The van der Waals surface area contributed by atoms with Gasteiger partial charge >= 0.3 is 0 Å². The molecule has 0 atom stereocenters. The van der Waals surface area contributed by atoms with E-state index in [-0.39, 0.29) is 16.5 Å². The number of fused-ring (bicyclic) bond motifs is 1. The van der Waals surface area contributed by atoms with Gasteiger partial charge in [0.25, 0.3) is 5.69 Å². The van der Waals surface area contributed by atoms with Crippen molar-refractivity contribution in [2.75, 3.05) is 14.2 Å². The Hall–Kier alpha value is -3.69. The number of rotatable bonds is 7. The topological polar surface area (TPSA) is 96.0 Å².